The van der Waals surface area contributed by atoms with Crippen molar-refractivity contribution in [1.82, 2.24) is 9.47 Å². The zero-order valence-corrected chi connectivity index (χ0v) is 15.1. The maximum atomic E-state index is 12.7. The van der Waals surface area contributed by atoms with Crippen LogP contribution >= 0.6 is 0 Å². The van der Waals surface area contributed by atoms with E-state index in [1.807, 2.05) is 44.2 Å². The fourth-order valence-electron chi connectivity index (χ4n) is 3.57. The molecule has 1 aliphatic rings. The van der Waals surface area contributed by atoms with Gasteiger partial charge in [-0.1, -0.05) is 0 Å². The quantitative estimate of drug-likeness (QED) is 0.850. The van der Waals surface area contributed by atoms with Crippen molar-refractivity contribution in [2.24, 2.45) is 0 Å². The van der Waals surface area contributed by atoms with E-state index in [1.54, 1.807) is 0 Å². The molecule has 2 aromatic rings. The highest BCUT2D eigenvalue weighted by atomic mass is 16.1. The lowest BCUT2D eigenvalue weighted by molar-refractivity contribution is -0.114. The molecule has 5 heteroatoms. The molecule has 5 nitrogen and oxygen atoms in total. The Morgan fingerprint density at radius 1 is 1.08 bits per heavy atom. The van der Waals surface area contributed by atoms with Gasteiger partial charge in [-0.2, -0.15) is 0 Å². The second-order valence-electron chi connectivity index (χ2n) is 6.75. The first kappa shape index (κ1) is 17.4. The first-order chi connectivity index (χ1) is 12.0. The van der Waals surface area contributed by atoms with Crippen molar-refractivity contribution in [1.29, 1.82) is 0 Å². The number of nitrogens with one attached hydrogen (secondary N) is 1. The number of carbonyl (C=O) groups is 2. The highest BCUT2D eigenvalue weighted by Gasteiger charge is 2.20. The predicted octanol–water partition coefficient (Wildman–Crippen LogP) is 3.33. The molecule has 0 atom stereocenters. The van der Waals surface area contributed by atoms with Crippen LogP contribution in [0, 0.1) is 13.8 Å². The Bertz CT molecular complexity index is 784. The van der Waals surface area contributed by atoms with E-state index in [-0.39, 0.29) is 11.7 Å². The third-order valence-corrected chi connectivity index (χ3v) is 4.74. The predicted molar refractivity (Wildman–Crippen MR) is 99.6 cm³/mol. The first-order valence-corrected chi connectivity index (χ1v) is 8.78. The van der Waals surface area contributed by atoms with E-state index in [0.717, 1.165) is 41.4 Å². The minimum atomic E-state index is -0.0872. The van der Waals surface area contributed by atoms with Gasteiger partial charge in [-0.25, -0.2) is 0 Å². The number of hydrogen-bond acceptors (Lipinski definition) is 3. The highest BCUT2D eigenvalue weighted by molar-refractivity contribution is 5.99. The van der Waals surface area contributed by atoms with Crippen LogP contribution in [0.5, 0.6) is 0 Å². The molecule has 132 valence electrons. The molecular weight excluding hydrogens is 314 g/mol. The number of amides is 1. The SMILES string of the molecule is CC(=O)Nc1ccc(-n2c(C)cc(C(=O)CN3CCCC3)c2C)cc1. The second kappa shape index (κ2) is 7.23. The molecule has 0 saturated carbocycles. The molecule has 0 unspecified atom stereocenters. The van der Waals surface area contributed by atoms with Gasteiger partial charge in [0.2, 0.25) is 5.91 Å². The second-order valence-corrected chi connectivity index (χ2v) is 6.75. The Labute approximate surface area is 148 Å². The lowest BCUT2D eigenvalue weighted by atomic mass is 10.1. The number of likely N-dealkylation sites (tertiary alicyclic amines) is 1. The van der Waals surface area contributed by atoms with Gasteiger partial charge in [0, 0.05) is 35.2 Å². The van der Waals surface area contributed by atoms with Crippen molar-refractivity contribution in [3.05, 3.63) is 47.3 Å². The summed E-state index contributed by atoms with van der Waals surface area (Å²) in [5.74, 6) is 0.104. The third-order valence-electron chi connectivity index (χ3n) is 4.74. The molecule has 0 radical (unpaired) electrons. The number of anilines is 1. The largest absolute Gasteiger partial charge is 0.326 e. The molecule has 1 N–H and O–H groups in total. The van der Waals surface area contributed by atoms with Crippen LogP contribution in [0.2, 0.25) is 0 Å². The van der Waals surface area contributed by atoms with E-state index in [4.69, 9.17) is 0 Å². The minimum absolute atomic E-state index is 0.0872. The van der Waals surface area contributed by atoms with Crippen LogP contribution in [0.3, 0.4) is 0 Å². The molecule has 1 saturated heterocycles. The zero-order valence-electron chi connectivity index (χ0n) is 15.1. The molecule has 1 aromatic carbocycles. The summed E-state index contributed by atoms with van der Waals surface area (Å²) in [5, 5.41) is 2.77. The van der Waals surface area contributed by atoms with Crippen molar-refractivity contribution >= 4 is 17.4 Å². The van der Waals surface area contributed by atoms with Crippen LogP contribution in [0.1, 0.15) is 41.5 Å². The topological polar surface area (TPSA) is 54.3 Å². The maximum Gasteiger partial charge on any atom is 0.221 e. The van der Waals surface area contributed by atoms with E-state index < -0.39 is 0 Å². The van der Waals surface area contributed by atoms with Crippen molar-refractivity contribution in [2.45, 2.75) is 33.6 Å². The molecule has 0 spiro atoms. The fraction of sp³-hybridized carbons (Fsp3) is 0.400. The van der Waals surface area contributed by atoms with Crippen LogP contribution in [-0.4, -0.2) is 40.8 Å². The van der Waals surface area contributed by atoms with Gasteiger partial charge in [0.05, 0.1) is 6.54 Å². The van der Waals surface area contributed by atoms with Crippen molar-refractivity contribution in [3.8, 4) is 5.69 Å². The standard InChI is InChI=1S/C20H25N3O2/c1-14-12-19(20(25)13-22-10-4-5-11-22)15(2)23(14)18-8-6-17(7-9-18)21-16(3)24/h6-9,12H,4-5,10-11,13H2,1-3H3,(H,21,24). The van der Waals surface area contributed by atoms with Crippen LogP contribution in [0.25, 0.3) is 5.69 Å². The summed E-state index contributed by atoms with van der Waals surface area (Å²) in [6.07, 6.45) is 2.37. The number of benzene rings is 1. The molecule has 1 amide bonds. The number of ketones is 1. The molecule has 25 heavy (non-hydrogen) atoms. The Morgan fingerprint density at radius 2 is 1.72 bits per heavy atom. The van der Waals surface area contributed by atoms with Gasteiger partial charge in [-0.3, -0.25) is 14.5 Å². The number of nitrogens with zero attached hydrogens (tertiary/aromatic N) is 2. The molecule has 1 fully saturated rings. The number of rotatable bonds is 5. The number of aryl methyl sites for hydroxylation is 1. The monoisotopic (exact) mass is 339 g/mol. The number of aromatic nitrogens is 1. The summed E-state index contributed by atoms with van der Waals surface area (Å²) < 4.78 is 2.09. The van der Waals surface area contributed by atoms with Crippen LogP contribution in [-0.2, 0) is 4.79 Å². The molecule has 0 aliphatic carbocycles. The molecule has 1 aromatic heterocycles. The van der Waals surface area contributed by atoms with Gasteiger partial charge in [0.1, 0.15) is 0 Å². The summed E-state index contributed by atoms with van der Waals surface area (Å²) in [5.41, 5.74) is 4.56. The Kier molecular flexibility index (Phi) is 5.04. The van der Waals surface area contributed by atoms with Crippen molar-refractivity contribution in [3.63, 3.8) is 0 Å². The van der Waals surface area contributed by atoms with Crippen molar-refractivity contribution in [2.75, 3.05) is 25.0 Å². The Balaban J connectivity index is 1.83. The van der Waals surface area contributed by atoms with Gasteiger partial charge < -0.3 is 9.88 Å². The maximum absolute atomic E-state index is 12.7. The molecule has 1 aliphatic heterocycles. The normalized spacial score (nSPS) is 14.7. The van der Waals surface area contributed by atoms with Crippen LogP contribution in [0.4, 0.5) is 5.69 Å². The van der Waals surface area contributed by atoms with Gasteiger partial charge >= 0.3 is 0 Å². The Morgan fingerprint density at radius 3 is 2.32 bits per heavy atom. The Hall–Kier alpha value is -2.40. The average Bonchev–Trinajstić information content (AvgIpc) is 3.16. The molecule has 2 heterocycles. The summed E-state index contributed by atoms with van der Waals surface area (Å²) in [4.78, 5) is 26.1. The van der Waals surface area contributed by atoms with Gasteiger partial charge in [-0.15, -0.1) is 0 Å². The lowest BCUT2D eigenvalue weighted by Gasteiger charge is -2.14. The van der Waals surface area contributed by atoms with Crippen LogP contribution < -0.4 is 5.32 Å². The molecular formula is C20H25N3O2. The average molecular weight is 339 g/mol. The third kappa shape index (κ3) is 3.82. The number of Topliss-reactive ketones (excluding diaryl/α,β-unsaturated/α-hetero) is 1. The minimum Gasteiger partial charge on any atom is -0.326 e. The van der Waals surface area contributed by atoms with Crippen LogP contribution in [0.15, 0.2) is 30.3 Å². The summed E-state index contributed by atoms with van der Waals surface area (Å²) in [6, 6.07) is 9.65. The van der Waals surface area contributed by atoms with Gasteiger partial charge in [0.15, 0.2) is 5.78 Å². The van der Waals surface area contributed by atoms with E-state index >= 15 is 0 Å². The number of carbonyl (C=O) groups excluding carboxylic acids is 2. The fourth-order valence-corrected chi connectivity index (χ4v) is 3.57. The van der Waals surface area contributed by atoms with E-state index in [1.165, 1.54) is 19.8 Å². The lowest BCUT2D eigenvalue weighted by Crippen LogP contribution is -2.27. The summed E-state index contributed by atoms with van der Waals surface area (Å²) in [6.45, 7) is 8.05. The van der Waals surface area contributed by atoms with Gasteiger partial charge in [-0.05, 0) is 70.1 Å². The van der Waals surface area contributed by atoms with E-state index in [2.05, 4.69) is 14.8 Å². The van der Waals surface area contributed by atoms with E-state index in [0.29, 0.717) is 6.54 Å². The molecule has 0 bridgehead atoms. The van der Waals surface area contributed by atoms with Gasteiger partial charge in [0.25, 0.3) is 0 Å². The smallest absolute Gasteiger partial charge is 0.221 e. The summed E-state index contributed by atoms with van der Waals surface area (Å²) >= 11 is 0. The highest BCUT2D eigenvalue weighted by Crippen LogP contribution is 2.23. The van der Waals surface area contributed by atoms with E-state index in [9.17, 15) is 9.59 Å². The molecule has 3 rings (SSSR count). The zero-order chi connectivity index (χ0) is 18.0. The first-order valence-electron chi connectivity index (χ1n) is 8.78. The van der Waals surface area contributed by atoms with Crippen molar-refractivity contribution < 1.29 is 9.59 Å². The summed E-state index contributed by atoms with van der Waals surface area (Å²) in [7, 11) is 0. The number of hydrogen-bond donors (Lipinski definition) is 1.